The van der Waals surface area contributed by atoms with Gasteiger partial charge in [0.1, 0.15) is 5.56 Å². The minimum absolute atomic E-state index is 0.243. The molecule has 0 bridgehead atoms. The van der Waals surface area contributed by atoms with Gasteiger partial charge in [-0.15, -0.1) is 0 Å². The number of carboxylic acids is 1. The monoisotopic (exact) mass is 295 g/mol. The van der Waals surface area contributed by atoms with Crippen LogP contribution in [0.25, 0.3) is 0 Å². The van der Waals surface area contributed by atoms with Crippen molar-refractivity contribution in [3.05, 3.63) is 39.4 Å². The third-order valence-corrected chi connectivity index (χ3v) is 3.38. The highest BCUT2D eigenvalue weighted by molar-refractivity contribution is 5.94. The molecule has 0 radical (unpaired) electrons. The second kappa shape index (κ2) is 7.70. The number of nitrogens with zero attached hydrogens (tertiary/aromatic N) is 2. The van der Waals surface area contributed by atoms with Crippen LogP contribution in [0.3, 0.4) is 0 Å². The van der Waals surface area contributed by atoms with Gasteiger partial charge in [0.05, 0.1) is 4.92 Å². The molecule has 1 aromatic rings. The maximum absolute atomic E-state index is 11.2. The molecule has 0 heterocycles. The molecule has 0 saturated carbocycles. The molecule has 1 rings (SSSR count). The van der Waals surface area contributed by atoms with Gasteiger partial charge in [-0.05, 0) is 26.5 Å². The number of hydrogen-bond acceptors (Lipinski definition) is 5. The number of nitro groups is 1. The summed E-state index contributed by atoms with van der Waals surface area (Å²) in [4.78, 5) is 23.6. The lowest BCUT2D eigenvalue weighted by Gasteiger charge is -2.21. The van der Waals surface area contributed by atoms with Crippen LogP contribution in [0.15, 0.2) is 18.2 Å². The number of carbonyl (C=O) groups is 1. The summed E-state index contributed by atoms with van der Waals surface area (Å²) in [5.74, 6) is -1.28. The molecule has 2 N–H and O–H groups in total. The summed E-state index contributed by atoms with van der Waals surface area (Å²) in [6.07, 6.45) is 0. The third-order valence-electron chi connectivity index (χ3n) is 3.38. The van der Waals surface area contributed by atoms with Crippen molar-refractivity contribution >= 4 is 11.7 Å². The summed E-state index contributed by atoms with van der Waals surface area (Å²) >= 11 is 0. The predicted molar refractivity (Wildman–Crippen MR) is 79.5 cm³/mol. The molecule has 0 spiro atoms. The van der Waals surface area contributed by atoms with Gasteiger partial charge in [-0.25, -0.2) is 4.79 Å². The molecule has 0 aromatic heterocycles. The molecule has 21 heavy (non-hydrogen) atoms. The molecule has 1 aromatic carbocycles. The van der Waals surface area contributed by atoms with E-state index in [1.807, 2.05) is 7.05 Å². The number of carboxylic acid groups (broad SMARTS) is 1. The minimum Gasteiger partial charge on any atom is -0.477 e. The van der Waals surface area contributed by atoms with Crippen molar-refractivity contribution in [2.24, 2.45) is 0 Å². The highest BCUT2D eigenvalue weighted by Gasteiger charge is 2.22. The summed E-state index contributed by atoms with van der Waals surface area (Å²) in [6.45, 7) is 5.95. The van der Waals surface area contributed by atoms with Crippen LogP contribution in [-0.4, -0.2) is 47.1 Å². The molecule has 7 nitrogen and oxygen atoms in total. The van der Waals surface area contributed by atoms with Crippen LogP contribution in [-0.2, 0) is 6.54 Å². The fourth-order valence-electron chi connectivity index (χ4n) is 1.87. The van der Waals surface area contributed by atoms with Crippen molar-refractivity contribution in [1.82, 2.24) is 10.2 Å². The number of nitrogens with one attached hydrogen (secondary N) is 1. The Bertz CT molecular complexity index is 517. The Morgan fingerprint density at radius 3 is 2.67 bits per heavy atom. The molecule has 0 saturated heterocycles. The Morgan fingerprint density at radius 2 is 2.14 bits per heavy atom. The first-order valence-electron chi connectivity index (χ1n) is 6.75. The van der Waals surface area contributed by atoms with Crippen molar-refractivity contribution in [3.63, 3.8) is 0 Å². The summed E-state index contributed by atoms with van der Waals surface area (Å²) in [5, 5.41) is 23.2. The Hall–Kier alpha value is -1.99. The van der Waals surface area contributed by atoms with Crippen LogP contribution < -0.4 is 5.32 Å². The SMILES string of the molecule is CC(C)N(C)CCNCc1cccc([N+](=O)[O-])c1C(=O)O. The highest BCUT2D eigenvalue weighted by atomic mass is 16.6. The predicted octanol–water partition coefficient (Wildman–Crippen LogP) is 1.72. The van der Waals surface area contributed by atoms with Crippen LogP contribution in [0.2, 0.25) is 0 Å². The number of benzene rings is 1. The quantitative estimate of drug-likeness (QED) is 0.431. The maximum Gasteiger partial charge on any atom is 0.343 e. The molecule has 0 fully saturated rings. The van der Waals surface area contributed by atoms with Crippen molar-refractivity contribution in [2.75, 3.05) is 20.1 Å². The molecule has 0 aliphatic rings. The van der Waals surface area contributed by atoms with Crippen molar-refractivity contribution in [1.29, 1.82) is 0 Å². The van der Waals surface area contributed by atoms with E-state index in [1.165, 1.54) is 12.1 Å². The molecular formula is C14H21N3O4. The van der Waals surface area contributed by atoms with Gasteiger partial charge in [-0.1, -0.05) is 12.1 Å². The standard InChI is InChI=1S/C14H21N3O4/c1-10(2)16(3)8-7-15-9-11-5-4-6-12(17(20)21)13(11)14(18)19/h4-6,10,15H,7-9H2,1-3H3,(H,18,19). The zero-order valence-corrected chi connectivity index (χ0v) is 12.5. The first-order valence-corrected chi connectivity index (χ1v) is 6.75. The second-order valence-electron chi connectivity index (χ2n) is 5.12. The van der Waals surface area contributed by atoms with Gasteiger partial charge >= 0.3 is 5.97 Å². The van der Waals surface area contributed by atoms with Gasteiger partial charge in [-0.2, -0.15) is 0 Å². The Balaban J connectivity index is 2.73. The first-order chi connectivity index (χ1) is 9.84. The number of hydrogen-bond donors (Lipinski definition) is 2. The van der Waals surface area contributed by atoms with E-state index < -0.39 is 10.9 Å². The van der Waals surface area contributed by atoms with Crippen LogP contribution in [0.5, 0.6) is 0 Å². The minimum atomic E-state index is -1.28. The molecule has 116 valence electrons. The lowest BCUT2D eigenvalue weighted by Crippen LogP contribution is -2.33. The normalized spacial score (nSPS) is 11.1. The summed E-state index contributed by atoms with van der Waals surface area (Å²) in [7, 11) is 2.00. The number of likely N-dealkylation sites (N-methyl/N-ethyl adjacent to an activating group) is 1. The molecular weight excluding hydrogens is 274 g/mol. The summed E-state index contributed by atoms with van der Waals surface area (Å²) in [6, 6.07) is 4.73. The zero-order chi connectivity index (χ0) is 16.0. The topological polar surface area (TPSA) is 95.7 Å². The van der Waals surface area contributed by atoms with Gasteiger partial charge in [-0.3, -0.25) is 10.1 Å². The van der Waals surface area contributed by atoms with E-state index >= 15 is 0 Å². The van der Waals surface area contributed by atoms with Crippen LogP contribution in [0, 0.1) is 10.1 Å². The highest BCUT2D eigenvalue weighted by Crippen LogP contribution is 2.22. The zero-order valence-electron chi connectivity index (χ0n) is 12.5. The molecule has 0 amide bonds. The van der Waals surface area contributed by atoms with E-state index in [0.29, 0.717) is 18.2 Å². The third kappa shape index (κ3) is 4.80. The number of aromatic carboxylic acids is 1. The van der Waals surface area contributed by atoms with Crippen LogP contribution in [0.4, 0.5) is 5.69 Å². The molecule has 0 aliphatic heterocycles. The largest absolute Gasteiger partial charge is 0.477 e. The molecule has 7 heteroatoms. The maximum atomic E-state index is 11.2. The Labute approximate surface area is 123 Å². The lowest BCUT2D eigenvalue weighted by molar-refractivity contribution is -0.385. The van der Waals surface area contributed by atoms with Crippen LogP contribution in [0.1, 0.15) is 29.8 Å². The Kier molecular flexibility index (Phi) is 6.26. The van der Waals surface area contributed by atoms with E-state index in [2.05, 4.69) is 24.1 Å². The molecule has 0 aliphatic carbocycles. The lowest BCUT2D eigenvalue weighted by atomic mass is 10.1. The van der Waals surface area contributed by atoms with Crippen molar-refractivity contribution < 1.29 is 14.8 Å². The van der Waals surface area contributed by atoms with Crippen molar-refractivity contribution in [2.45, 2.75) is 26.4 Å². The first kappa shape index (κ1) is 17.1. The van der Waals surface area contributed by atoms with Gasteiger partial charge in [0.2, 0.25) is 0 Å². The second-order valence-corrected chi connectivity index (χ2v) is 5.12. The average molecular weight is 295 g/mol. The summed E-state index contributed by atoms with van der Waals surface area (Å²) in [5.41, 5.74) is -0.197. The Morgan fingerprint density at radius 1 is 1.48 bits per heavy atom. The average Bonchev–Trinajstić information content (AvgIpc) is 2.42. The van der Waals surface area contributed by atoms with E-state index in [0.717, 1.165) is 6.54 Å². The van der Waals surface area contributed by atoms with Gasteiger partial charge in [0.15, 0.2) is 0 Å². The smallest absolute Gasteiger partial charge is 0.343 e. The van der Waals surface area contributed by atoms with Gasteiger partial charge in [0.25, 0.3) is 5.69 Å². The number of nitro benzene ring substituents is 1. The summed E-state index contributed by atoms with van der Waals surface area (Å²) < 4.78 is 0. The van der Waals surface area contributed by atoms with E-state index in [1.54, 1.807) is 6.07 Å². The van der Waals surface area contributed by atoms with Crippen molar-refractivity contribution in [3.8, 4) is 0 Å². The van der Waals surface area contributed by atoms with E-state index in [4.69, 9.17) is 0 Å². The van der Waals surface area contributed by atoms with E-state index in [-0.39, 0.29) is 17.8 Å². The molecule has 0 atom stereocenters. The van der Waals surface area contributed by atoms with E-state index in [9.17, 15) is 20.0 Å². The van der Waals surface area contributed by atoms with Crippen LogP contribution >= 0.6 is 0 Å². The fraction of sp³-hybridized carbons (Fsp3) is 0.500. The fourth-order valence-corrected chi connectivity index (χ4v) is 1.87. The number of rotatable bonds is 8. The van der Waals surface area contributed by atoms with Gasteiger partial charge < -0.3 is 15.3 Å². The van der Waals surface area contributed by atoms with Gasteiger partial charge in [0, 0.05) is 31.7 Å². The molecule has 0 unspecified atom stereocenters.